The van der Waals surface area contributed by atoms with Crippen molar-refractivity contribution in [1.82, 2.24) is 20.4 Å². The Balaban J connectivity index is 1.20. The number of hydrogen-bond donors (Lipinski definition) is 2. The van der Waals surface area contributed by atoms with Crippen molar-refractivity contribution in [3.8, 4) is 5.75 Å². The average Bonchev–Trinajstić information content (AvgIpc) is 3.33. The number of nitrogens with one attached hydrogen (secondary N) is 2. The highest BCUT2D eigenvalue weighted by atomic mass is 16.6. The Hall–Kier alpha value is -4.28. The second-order valence-electron chi connectivity index (χ2n) is 15.9. The SMILES string of the molecule is C[C@H](CCC(=O)N1CCOc2ccccc2C1)NC(=O)[C@H](CC1CCCCC1)NC(=O)OC1(Cc2ccccc2)CCN(C(=O)OC(C)(C)C)CC1. The number of likely N-dealkylation sites (tertiary alicyclic amines) is 1. The summed E-state index contributed by atoms with van der Waals surface area (Å²) in [5.41, 5.74) is 0.542. The van der Waals surface area contributed by atoms with Gasteiger partial charge in [-0.2, -0.15) is 0 Å². The fourth-order valence-electron chi connectivity index (χ4n) is 7.51. The first-order valence-electron chi connectivity index (χ1n) is 19.2. The Kier molecular flexibility index (Phi) is 13.5. The van der Waals surface area contributed by atoms with E-state index in [0.717, 1.165) is 42.6 Å². The second kappa shape index (κ2) is 18.0. The van der Waals surface area contributed by atoms with Crippen LogP contribution in [0.15, 0.2) is 54.6 Å². The number of fused-ring (bicyclic) bond motifs is 1. The minimum absolute atomic E-state index is 0.0169. The summed E-state index contributed by atoms with van der Waals surface area (Å²) in [6, 6.07) is 16.6. The number of ether oxygens (including phenoxy) is 3. The van der Waals surface area contributed by atoms with Crippen LogP contribution in [0.4, 0.5) is 9.59 Å². The van der Waals surface area contributed by atoms with Crippen LogP contribution in [0.25, 0.3) is 0 Å². The van der Waals surface area contributed by atoms with Gasteiger partial charge in [-0.05, 0) is 58.1 Å². The fraction of sp³-hybridized carbons (Fsp3) is 0.610. The first-order valence-corrected chi connectivity index (χ1v) is 19.2. The summed E-state index contributed by atoms with van der Waals surface area (Å²) in [5.74, 6) is 0.885. The third kappa shape index (κ3) is 11.6. The van der Waals surface area contributed by atoms with E-state index in [9.17, 15) is 19.2 Å². The summed E-state index contributed by atoms with van der Waals surface area (Å²) in [4.78, 5) is 57.2. The lowest BCUT2D eigenvalue weighted by Gasteiger charge is -2.41. The van der Waals surface area contributed by atoms with E-state index >= 15 is 0 Å². The number of rotatable bonds is 11. The summed E-state index contributed by atoms with van der Waals surface area (Å²) in [6.07, 6.45) is 7.09. The van der Waals surface area contributed by atoms with Gasteiger partial charge in [-0.25, -0.2) is 9.59 Å². The molecule has 11 heteroatoms. The monoisotopic (exact) mass is 718 g/mol. The van der Waals surface area contributed by atoms with Gasteiger partial charge in [0.1, 0.15) is 29.6 Å². The number of hydrogen-bond acceptors (Lipinski definition) is 7. The smallest absolute Gasteiger partial charge is 0.410 e. The maximum Gasteiger partial charge on any atom is 0.410 e. The Morgan fingerprint density at radius 2 is 1.60 bits per heavy atom. The largest absolute Gasteiger partial charge is 0.491 e. The molecule has 2 N–H and O–H groups in total. The Morgan fingerprint density at radius 3 is 2.31 bits per heavy atom. The average molecular weight is 719 g/mol. The quantitative estimate of drug-likeness (QED) is 0.263. The van der Waals surface area contributed by atoms with Gasteiger partial charge in [-0.3, -0.25) is 9.59 Å². The normalized spacial score (nSPS) is 18.8. The molecule has 284 valence electrons. The number of amides is 4. The molecule has 5 rings (SSSR count). The molecule has 0 unspecified atom stereocenters. The van der Waals surface area contributed by atoms with Crippen LogP contribution in [0.3, 0.4) is 0 Å². The molecule has 0 bridgehead atoms. The van der Waals surface area contributed by atoms with Crippen LogP contribution in [-0.2, 0) is 32.0 Å². The molecule has 3 aliphatic rings. The molecule has 2 fully saturated rings. The zero-order chi connectivity index (χ0) is 37.1. The van der Waals surface area contributed by atoms with E-state index in [1.807, 2.05) is 87.2 Å². The van der Waals surface area contributed by atoms with Gasteiger partial charge in [0.25, 0.3) is 0 Å². The third-order valence-corrected chi connectivity index (χ3v) is 10.4. The number of alkyl carbamates (subject to hydrolysis) is 1. The van der Waals surface area contributed by atoms with Crippen LogP contribution in [0.1, 0.15) is 103 Å². The standard InChI is InChI=1S/C41H58N4O7/c1-30(19-20-36(46)45-25-26-50-35-18-12-11-17-33(35)29-45)42-37(47)34(27-31-13-7-5-8-14-31)43-38(48)51-41(28-32-15-9-6-10-16-32)21-23-44(24-22-41)39(49)52-40(2,3)4/h6,9-12,15-18,30-31,34H,5,7-8,13-14,19-29H2,1-4H3,(H,42,47)(H,43,48)/t30-,34+/m1/s1. The van der Waals surface area contributed by atoms with Gasteiger partial charge in [0.15, 0.2) is 0 Å². The molecule has 2 atom stereocenters. The van der Waals surface area contributed by atoms with Gasteiger partial charge in [0, 0.05) is 56.9 Å². The molecule has 11 nitrogen and oxygen atoms in total. The lowest BCUT2D eigenvalue weighted by Crippen LogP contribution is -2.54. The van der Waals surface area contributed by atoms with Crippen molar-refractivity contribution in [2.24, 2.45) is 5.92 Å². The molecule has 0 spiro atoms. The number of nitrogens with zero attached hydrogens (tertiary/aromatic N) is 2. The van der Waals surface area contributed by atoms with Gasteiger partial charge in [-0.15, -0.1) is 0 Å². The molecule has 4 amide bonds. The topological polar surface area (TPSA) is 127 Å². The molecule has 2 aliphatic heterocycles. The first kappa shape index (κ1) is 38.9. The highest BCUT2D eigenvalue weighted by Gasteiger charge is 2.41. The number of piperidine rings is 1. The first-order chi connectivity index (χ1) is 24.9. The molecular weight excluding hydrogens is 660 g/mol. The van der Waals surface area contributed by atoms with Crippen molar-refractivity contribution in [3.05, 3.63) is 65.7 Å². The summed E-state index contributed by atoms with van der Waals surface area (Å²) >= 11 is 0. The molecule has 1 saturated carbocycles. The maximum absolute atomic E-state index is 13.8. The molecule has 2 aromatic rings. The molecular formula is C41H58N4O7. The molecule has 2 heterocycles. The summed E-state index contributed by atoms with van der Waals surface area (Å²) in [6.45, 7) is 9.63. The zero-order valence-electron chi connectivity index (χ0n) is 31.5. The van der Waals surface area contributed by atoms with Crippen molar-refractivity contribution >= 4 is 24.0 Å². The summed E-state index contributed by atoms with van der Waals surface area (Å²) < 4.78 is 17.7. The lowest BCUT2D eigenvalue weighted by atomic mass is 9.84. The number of para-hydroxylation sites is 1. The minimum Gasteiger partial charge on any atom is -0.491 e. The Morgan fingerprint density at radius 1 is 0.904 bits per heavy atom. The number of carbonyl (C=O) groups excluding carboxylic acids is 4. The molecule has 1 aliphatic carbocycles. The van der Waals surface area contributed by atoms with Gasteiger partial charge >= 0.3 is 12.2 Å². The van der Waals surface area contributed by atoms with Gasteiger partial charge < -0.3 is 34.6 Å². The summed E-state index contributed by atoms with van der Waals surface area (Å²) in [5, 5.41) is 6.05. The highest BCUT2D eigenvalue weighted by Crippen LogP contribution is 2.32. The second-order valence-corrected chi connectivity index (χ2v) is 15.9. The lowest BCUT2D eigenvalue weighted by molar-refractivity contribution is -0.132. The molecule has 0 aromatic heterocycles. The highest BCUT2D eigenvalue weighted by molar-refractivity contribution is 5.86. The third-order valence-electron chi connectivity index (χ3n) is 10.4. The minimum atomic E-state index is -0.859. The number of benzene rings is 2. The molecule has 1 saturated heterocycles. The van der Waals surface area contributed by atoms with E-state index in [4.69, 9.17) is 14.2 Å². The molecule has 0 radical (unpaired) electrons. The number of carbonyl (C=O) groups is 4. The van der Waals surface area contributed by atoms with E-state index in [2.05, 4.69) is 10.6 Å². The van der Waals surface area contributed by atoms with Crippen LogP contribution in [0.5, 0.6) is 5.75 Å². The van der Waals surface area contributed by atoms with Crippen molar-refractivity contribution in [2.75, 3.05) is 26.2 Å². The van der Waals surface area contributed by atoms with Gasteiger partial charge in [0.05, 0.1) is 6.54 Å². The van der Waals surface area contributed by atoms with Crippen LogP contribution in [0.2, 0.25) is 0 Å². The van der Waals surface area contributed by atoms with E-state index in [1.54, 1.807) is 4.90 Å². The zero-order valence-corrected chi connectivity index (χ0v) is 31.5. The van der Waals surface area contributed by atoms with Crippen molar-refractivity contribution in [2.45, 2.75) is 128 Å². The van der Waals surface area contributed by atoms with Crippen LogP contribution in [0, 0.1) is 5.92 Å². The van der Waals surface area contributed by atoms with Gasteiger partial charge in [0.2, 0.25) is 11.8 Å². The van der Waals surface area contributed by atoms with Crippen molar-refractivity contribution in [3.63, 3.8) is 0 Å². The Labute approximate surface area is 309 Å². The fourth-order valence-corrected chi connectivity index (χ4v) is 7.51. The predicted molar refractivity (Wildman–Crippen MR) is 199 cm³/mol. The van der Waals surface area contributed by atoms with Crippen LogP contribution >= 0.6 is 0 Å². The predicted octanol–water partition coefficient (Wildman–Crippen LogP) is 6.77. The van der Waals surface area contributed by atoms with E-state index in [-0.39, 0.29) is 30.4 Å². The summed E-state index contributed by atoms with van der Waals surface area (Å²) in [7, 11) is 0. The maximum atomic E-state index is 13.8. The van der Waals surface area contributed by atoms with Crippen molar-refractivity contribution in [1.29, 1.82) is 0 Å². The van der Waals surface area contributed by atoms with Crippen molar-refractivity contribution < 1.29 is 33.4 Å². The van der Waals surface area contributed by atoms with E-state index < -0.39 is 23.3 Å². The van der Waals surface area contributed by atoms with E-state index in [0.29, 0.717) is 70.8 Å². The molecule has 52 heavy (non-hydrogen) atoms. The van der Waals surface area contributed by atoms with E-state index in [1.165, 1.54) is 6.42 Å². The molecule has 2 aromatic carbocycles. The van der Waals surface area contributed by atoms with Crippen LogP contribution < -0.4 is 15.4 Å². The van der Waals surface area contributed by atoms with Crippen LogP contribution in [-0.4, -0.2) is 83.3 Å². The van der Waals surface area contributed by atoms with Gasteiger partial charge in [-0.1, -0.05) is 80.6 Å². The Bertz CT molecular complexity index is 1500.